The van der Waals surface area contributed by atoms with Crippen molar-refractivity contribution < 1.29 is 32.8 Å². The molecule has 0 spiro atoms. The minimum atomic E-state index is -1.03. The van der Waals surface area contributed by atoms with Gasteiger partial charge in [-0.2, -0.15) is 0 Å². The Morgan fingerprint density at radius 1 is 1.16 bits per heavy atom. The predicted octanol–water partition coefficient (Wildman–Crippen LogP) is 2.60. The highest BCUT2D eigenvalue weighted by Gasteiger charge is 2.54. The van der Waals surface area contributed by atoms with Crippen LogP contribution in [0, 0.1) is 5.82 Å². The van der Waals surface area contributed by atoms with Crippen LogP contribution in [-0.2, 0) is 18.8 Å². The van der Waals surface area contributed by atoms with E-state index in [0.29, 0.717) is 0 Å². The van der Waals surface area contributed by atoms with E-state index in [9.17, 15) is 14.0 Å². The van der Waals surface area contributed by atoms with Crippen molar-refractivity contribution >= 4 is 30.5 Å². The largest absolute Gasteiger partial charge is 0.493 e. The number of nitrogens with one attached hydrogen (secondary N) is 2. The molecule has 2 atom stereocenters. The van der Waals surface area contributed by atoms with E-state index < -0.39 is 47.9 Å². The van der Waals surface area contributed by atoms with Gasteiger partial charge in [0.15, 0.2) is 0 Å². The molecule has 200 valence electrons. The Morgan fingerprint density at radius 3 is 2.46 bits per heavy atom. The lowest BCUT2D eigenvalue weighted by Crippen LogP contribution is -2.56. The zero-order chi connectivity index (χ0) is 27.2. The van der Waals surface area contributed by atoms with Crippen LogP contribution in [0.4, 0.5) is 4.39 Å². The van der Waals surface area contributed by atoms with Gasteiger partial charge in [0.1, 0.15) is 23.3 Å². The van der Waals surface area contributed by atoms with Crippen molar-refractivity contribution in [2.75, 3.05) is 20.3 Å². The molecule has 2 N–H and O–H groups in total. The van der Waals surface area contributed by atoms with Gasteiger partial charge in [-0.05, 0) is 39.8 Å². The number of hydrogen-bond acceptors (Lipinski definition) is 8. The van der Waals surface area contributed by atoms with Crippen LogP contribution in [0.5, 0.6) is 5.75 Å². The molecule has 2 aromatic rings. The molecule has 1 aromatic carbocycles. The third-order valence-corrected chi connectivity index (χ3v) is 6.57. The maximum Gasteiger partial charge on any atom is 0.481 e. The molecule has 37 heavy (non-hydrogen) atoms. The molecule has 0 saturated carbocycles. The number of carbonyl (C=O) groups is 2. The summed E-state index contributed by atoms with van der Waals surface area (Å²) in [4.78, 5) is 33.6. The average molecular weight is 537 g/mol. The number of methoxy groups -OCH3 is 1. The first kappa shape index (κ1) is 28.8. The Bertz CT molecular complexity index is 1080. The van der Waals surface area contributed by atoms with Gasteiger partial charge in [-0.3, -0.25) is 14.6 Å². The molecule has 13 heteroatoms. The molecule has 0 bridgehead atoms. The number of amides is 2. The van der Waals surface area contributed by atoms with Crippen LogP contribution in [0.15, 0.2) is 36.8 Å². The lowest BCUT2D eigenvalue weighted by molar-refractivity contribution is -0.124. The zero-order valence-electron chi connectivity index (χ0n) is 21.4. The topological polar surface area (TPSA) is 121 Å². The van der Waals surface area contributed by atoms with Gasteiger partial charge in [0.05, 0.1) is 41.6 Å². The first-order valence-electron chi connectivity index (χ1n) is 11.7. The summed E-state index contributed by atoms with van der Waals surface area (Å²) in [5.41, 5.74) is -1.23. The number of ether oxygens (including phenoxy) is 2. The fourth-order valence-corrected chi connectivity index (χ4v) is 3.60. The molecular formula is C24H31BClFN4O6. The number of rotatable bonds is 11. The standard InChI is InChI=1S/C24H31BClFN4O6/c1-23(2)24(3,4)37-25(36-23)20(8-11-35-15-6-7-16(26)17(27)12-15)31-22(33)19(14-34-5)30-21(32)18-13-28-9-10-29-18/h6-7,9-10,12-13,19-20H,8,11,14H2,1-5H3,(H,30,32)(H,31,33)/t19-,20+/m1/s1. The Labute approximate surface area is 220 Å². The first-order valence-corrected chi connectivity index (χ1v) is 12.1. The molecule has 1 aliphatic heterocycles. The van der Waals surface area contributed by atoms with Crippen molar-refractivity contribution in [1.82, 2.24) is 20.6 Å². The van der Waals surface area contributed by atoms with Gasteiger partial charge in [-0.1, -0.05) is 11.6 Å². The molecule has 1 saturated heterocycles. The van der Waals surface area contributed by atoms with E-state index in [0.717, 1.165) is 0 Å². The van der Waals surface area contributed by atoms with E-state index in [1.165, 1.54) is 37.8 Å². The fraction of sp³-hybridized carbons (Fsp3) is 0.500. The number of hydrogen-bond donors (Lipinski definition) is 2. The summed E-state index contributed by atoms with van der Waals surface area (Å²) in [6.45, 7) is 7.61. The number of nitrogens with zero attached hydrogens (tertiary/aromatic N) is 2. The van der Waals surface area contributed by atoms with E-state index >= 15 is 0 Å². The minimum Gasteiger partial charge on any atom is -0.493 e. The molecule has 1 aliphatic rings. The average Bonchev–Trinajstić information content (AvgIpc) is 3.07. The van der Waals surface area contributed by atoms with Gasteiger partial charge in [0, 0.05) is 32.0 Å². The van der Waals surface area contributed by atoms with E-state index in [1.807, 2.05) is 27.7 Å². The highest BCUT2D eigenvalue weighted by Crippen LogP contribution is 2.38. The molecule has 10 nitrogen and oxygen atoms in total. The van der Waals surface area contributed by atoms with Gasteiger partial charge in [-0.15, -0.1) is 0 Å². The van der Waals surface area contributed by atoms with Gasteiger partial charge in [-0.25, -0.2) is 9.37 Å². The summed E-state index contributed by atoms with van der Waals surface area (Å²) in [6, 6.07) is 3.09. The second kappa shape index (κ2) is 12.2. The number of benzene rings is 1. The molecule has 0 unspecified atom stereocenters. The summed E-state index contributed by atoms with van der Waals surface area (Å²) in [7, 11) is 0.609. The fourth-order valence-electron chi connectivity index (χ4n) is 3.48. The van der Waals surface area contributed by atoms with E-state index in [2.05, 4.69) is 20.6 Å². The van der Waals surface area contributed by atoms with Crippen molar-refractivity contribution in [3.8, 4) is 5.75 Å². The molecule has 3 rings (SSSR count). The van der Waals surface area contributed by atoms with Crippen molar-refractivity contribution in [3.63, 3.8) is 0 Å². The first-order chi connectivity index (χ1) is 17.4. The van der Waals surface area contributed by atoms with Crippen molar-refractivity contribution in [3.05, 3.63) is 53.3 Å². The molecule has 0 radical (unpaired) electrons. The van der Waals surface area contributed by atoms with Crippen LogP contribution < -0.4 is 15.4 Å². The van der Waals surface area contributed by atoms with Crippen LogP contribution in [0.2, 0.25) is 5.02 Å². The summed E-state index contributed by atoms with van der Waals surface area (Å²) < 4.78 is 36.9. The molecule has 2 amide bonds. The summed E-state index contributed by atoms with van der Waals surface area (Å²) in [5.74, 6) is -2.08. The maximum atomic E-state index is 13.8. The van der Waals surface area contributed by atoms with Gasteiger partial charge >= 0.3 is 7.12 Å². The normalized spacial score (nSPS) is 17.6. The number of aromatic nitrogens is 2. The summed E-state index contributed by atoms with van der Waals surface area (Å²) in [5, 5.41) is 5.49. The smallest absolute Gasteiger partial charge is 0.481 e. The van der Waals surface area contributed by atoms with E-state index in [1.54, 1.807) is 6.07 Å². The lowest BCUT2D eigenvalue weighted by atomic mass is 9.76. The summed E-state index contributed by atoms with van der Waals surface area (Å²) >= 11 is 5.73. The quantitative estimate of drug-likeness (QED) is 0.421. The molecule has 0 aliphatic carbocycles. The van der Waals surface area contributed by atoms with Crippen LogP contribution >= 0.6 is 11.6 Å². The Morgan fingerprint density at radius 2 is 1.86 bits per heavy atom. The zero-order valence-corrected chi connectivity index (χ0v) is 22.2. The van der Waals surface area contributed by atoms with Crippen molar-refractivity contribution in [2.45, 2.75) is 57.3 Å². The third kappa shape index (κ3) is 7.38. The van der Waals surface area contributed by atoms with E-state index in [-0.39, 0.29) is 36.1 Å². The lowest BCUT2D eigenvalue weighted by Gasteiger charge is -2.32. The predicted molar refractivity (Wildman–Crippen MR) is 135 cm³/mol. The van der Waals surface area contributed by atoms with Gasteiger partial charge < -0.3 is 29.4 Å². The van der Waals surface area contributed by atoms with Crippen LogP contribution in [0.1, 0.15) is 44.6 Å². The molecular weight excluding hydrogens is 506 g/mol. The van der Waals surface area contributed by atoms with Gasteiger partial charge in [0.2, 0.25) is 5.91 Å². The molecule has 1 aromatic heterocycles. The molecule has 2 heterocycles. The Balaban J connectivity index is 1.72. The maximum absolute atomic E-state index is 13.8. The number of carbonyl (C=O) groups excluding carboxylic acids is 2. The minimum absolute atomic E-state index is 0.0116. The Kier molecular flexibility index (Phi) is 9.46. The summed E-state index contributed by atoms with van der Waals surface area (Å²) in [6.07, 6.45) is 4.36. The SMILES string of the molecule is COC[C@@H](NC(=O)c1cnccn1)C(=O)N[C@@H](CCOc1ccc(Cl)c(F)c1)B1OC(C)(C)C(C)(C)O1. The molecule has 1 fully saturated rings. The van der Waals surface area contributed by atoms with Crippen molar-refractivity contribution in [1.29, 1.82) is 0 Å². The Hall–Kier alpha value is -2.80. The third-order valence-electron chi connectivity index (χ3n) is 6.27. The van der Waals surface area contributed by atoms with Crippen LogP contribution in [0.25, 0.3) is 0 Å². The van der Waals surface area contributed by atoms with Crippen LogP contribution in [-0.4, -0.2) is 72.4 Å². The highest BCUT2D eigenvalue weighted by atomic mass is 35.5. The van der Waals surface area contributed by atoms with Gasteiger partial charge in [0.25, 0.3) is 5.91 Å². The monoisotopic (exact) mass is 536 g/mol. The number of halogens is 2. The van der Waals surface area contributed by atoms with Crippen LogP contribution in [0.3, 0.4) is 0 Å². The van der Waals surface area contributed by atoms with Crippen molar-refractivity contribution in [2.24, 2.45) is 0 Å². The van der Waals surface area contributed by atoms with E-state index in [4.69, 9.17) is 30.4 Å². The second-order valence-electron chi connectivity index (χ2n) is 9.52. The highest BCUT2D eigenvalue weighted by molar-refractivity contribution is 6.48. The second-order valence-corrected chi connectivity index (χ2v) is 9.93.